The summed E-state index contributed by atoms with van der Waals surface area (Å²) < 4.78 is 99.8. The summed E-state index contributed by atoms with van der Waals surface area (Å²) in [4.78, 5) is 10.9. The number of hydrogen-bond acceptors (Lipinski definition) is 5. The summed E-state index contributed by atoms with van der Waals surface area (Å²) in [5.74, 6) is -7.46. The Morgan fingerprint density at radius 3 is 2.24 bits per heavy atom. The molecule has 0 bridgehead atoms. The van der Waals surface area contributed by atoms with Crippen LogP contribution in [0.15, 0.2) is 41.5 Å². The minimum Gasteiger partial charge on any atom is -0.490 e. The van der Waals surface area contributed by atoms with Crippen LogP contribution in [0.5, 0.6) is 11.5 Å². The number of benzene rings is 2. The third kappa shape index (κ3) is 6.22. The summed E-state index contributed by atoms with van der Waals surface area (Å²) in [7, 11) is 0. The predicted molar refractivity (Wildman–Crippen MR) is 107 cm³/mol. The van der Waals surface area contributed by atoms with Crippen molar-refractivity contribution in [3.8, 4) is 11.5 Å². The van der Waals surface area contributed by atoms with Crippen molar-refractivity contribution in [2.24, 2.45) is 5.10 Å². The van der Waals surface area contributed by atoms with Crippen molar-refractivity contribution in [1.29, 1.82) is 0 Å². The Kier molecular flexibility index (Phi) is 8.24. The zero-order valence-electron chi connectivity index (χ0n) is 17.1. The second-order valence-electron chi connectivity index (χ2n) is 6.57. The van der Waals surface area contributed by atoms with Crippen LogP contribution < -0.4 is 14.9 Å². The van der Waals surface area contributed by atoms with E-state index in [9.17, 15) is 35.5 Å². The molecule has 6 nitrogen and oxygen atoms in total. The van der Waals surface area contributed by atoms with E-state index >= 15 is 0 Å². The quantitative estimate of drug-likeness (QED) is 0.182. The average molecular weight is 517 g/mol. The predicted octanol–water partition coefficient (Wildman–Crippen LogP) is 5.73. The van der Waals surface area contributed by atoms with Gasteiger partial charge in [0.15, 0.2) is 11.5 Å². The standard InChI is InChI=1S/C20H16ClF7N2O4/c1-2-33-15-8-12(9-29-30-20(27,28)18(22,23)19(24,25)26)7-14(21)16(15)34-10-11-3-5-13(6-4-11)17(31)32/h3-9,30H,2,10H2,1H3,(H,31,32)/b29-9+. The summed E-state index contributed by atoms with van der Waals surface area (Å²) >= 11 is 6.12. The Bertz CT molecular complexity index is 1040. The zero-order chi connectivity index (χ0) is 25.7. The molecule has 34 heavy (non-hydrogen) atoms. The molecule has 0 aliphatic heterocycles. The number of rotatable bonds is 10. The van der Waals surface area contributed by atoms with E-state index in [1.165, 1.54) is 30.3 Å². The highest BCUT2D eigenvalue weighted by Gasteiger charge is 2.73. The molecule has 0 saturated carbocycles. The van der Waals surface area contributed by atoms with Gasteiger partial charge in [0.25, 0.3) is 0 Å². The number of nitrogens with one attached hydrogen (secondary N) is 1. The number of nitrogens with zero attached hydrogens (tertiary/aromatic N) is 1. The minimum absolute atomic E-state index is 0.00554. The van der Waals surface area contributed by atoms with Crippen LogP contribution in [-0.4, -0.2) is 42.0 Å². The van der Waals surface area contributed by atoms with Crippen LogP contribution in [0.2, 0.25) is 5.02 Å². The smallest absolute Gasteiger partial charge is 0.462 e. The minimum atomic E-state index is -6.50. The number of halogens is 8. The van der Waals surface area contributed by atoms with Crippen LogP contribution in [0.25, 0.3) is 0 Å². The molecule has 0 fully saturated rings. The van der Waals surface area contributed by atoms with Crippen molar-refractivity contribution in [3.63, 3.8) is 0 Å². The van der Waals surface area contributed by atoms with E-state index in [0.717, 1.165) is 6.07 Å². The maximum absolute atomic E-state index is 13.3. The van der Waals surface area contributed by atoms with E-state index in [1.54, 1.807) is 6.92 Å². The van der Waals surface area contributed by atoms with Crippen molar-refractivity contribution >= 4 is 23.8 Å². The number of carboxylic acids is 1. The van der Waals surface area contributed by atoms with E-state index in [0.29, 0.717) is 17.2 Å². The number of carboxylic acid groups (broad SMARTS) is 1. The first-order valence-corrected chi connectivity index (χ1v) is 9.61. The van der Waals surface area contributed by atoms with Gasteiger partial charge in [0, 0.05) is 0 Å². The molecule has 0 heterocycles. The molecule has 0 aliphatic carbocycles. The normalized spacial score (nSPS) is 12.6. The molecule has 2 rings (SSSR count). The molecule has 0 unspecified atom stereocenters. The van der Waals surface area contributed by atoms with Crippen LogP contribution in [-0.2, 0) is 6.61 Å². The fourth-order valence-electron chi connectivity index (χ4n) is 2.40. The van der Waals surface area contributed by atoms with Crippen LogP contribution in [0.4, 0.5) is 30.7 Å². The highest BCUT2D eigenvalue weighted by molar-refractivity contribution is 6.32. The second-order valence-corrected chi connectivity index (χ2v) is 6.98. The van der Waals surface area contributed by atoms with Crippen molar-refractivity contribution in [2.75, 3.05) is 6.61 Å². The SMILES string of the molecule is CCOc1cc(/C=N/NC(F)(F)C(F)(F)C(F)(F)F)cc(Cl)c1OCc1ccc(C(=O)O)cc1. The van der Waals surface area contributed by atoms with Crippen LogP contribution in [0, 0.1) is 0 Å². The van der Waals surface area contributed by atoms with E-state index in [2.05, 4.69) is 5.10 Å². The lowest BCUT2D eigenvalue weighted by Gasteiger charge is -2.27. The lowest BCUT2D eigenvalue weighted by Crippen LogP contribution is -2.58. The van der Waals surface area contributed by atoms with Gasteiger partial charge in [0.2, 0.25) is 0 Å². The molecule has 2 aromatic rings. The highest BCUT2D eigenvalue weighted by Crippen LogP contribution is 2.45. The second kappa shape index (κ2) is 10.4. The van der Waals surface area contributed by atoms with Gasteiger partial charge in [-0.05, 0) is 42.3 Å². The van der Waals surface area contributed by atoms with Crippen LogP contribution in [0.1, 0.15) is 28.4 Å². The number of aromatic carboxylic acids is 1. The Balaban J connectivity index is 2.20. The molecule has 186 valence electrons. The van der Waals surface area contributed by atoms with Gasteiger partial charge >= 0.3 is 24.1 Å². The number of carbonyl (C=O) groups is 1. The van der Waals surface area contributed by atoms with Crippen molar-refractivity contribution < 1.29 is 50.1 Å². The molecule has 0 atom stereocenters. The summed E-state index contributed by atoms with van der Waals surface area (Å²) in [6.07, 6.45) is -5.96. The Morgan fingerprint density at radius 1 is 1.09 bits per heavy atom. The Labute approximate surface area is 192 Å². The fourth-order valence-corrected chi connectivity index (χ4v) is 2.67. The van der Waals surface area contributed by atoms with Crippen LogP contribution in [0.3, 0.4) is 0 Å². The van der Waals surface area contributed by atoms with Crippen LogP contribution >= 0.6 is 11.6 Å². The summed E-state index contributed by atoms with van der Waals surface area (Å²) in [6.45, 7) is 1.65. The topological polar surface area (TPSA) is 80.1 Å². The van der Waals surface area contributed by atoms with Gasteiger partial charge in [-0.15, -0.1) is 0 Å². The van der Waals surface area contributed by atoms with Crippen molar-refractivity contribution in [3.05, 3.63) is 58.1 Å². The average Bonchev–Trinajstić information content (AvgIpc) is 2.72. The zero-order valence-corrected chi connectivity index (χ0v) is 17.9. The molecule has 0 radical (unpaired) electrons. The third-order valence-corrected chi connectivity index (χ3v) is 4.37. The van der Waals surface area contributed by atoms with Gasteiger partial charge < -0.3 is 14.6 Å². The molecule has 14 heteroatoms. The van der Waals surface area contributed by atoms with E-state index in [-0.39, 0.29) is 40.9 Å². The lowest BCUT2D eigenvalue weighted by molar-refractivity contribution is -0.361. The van der Waals surface area contributed by atoms with E-state index in [1.807, 2.05) is 0 Å². The summed E-state index contributed by atoms with van der Waals surface area (Å²) in [5.41, 5.74) is 1.07. The number of alkyl halides is 7. The molecule has 0 spiro atoms. The van der Waals surface area contributed by atoms with Gasteiger partial charge in [0.1, 0.15) is 6.61 Å². The molecule has 0 amide bonds. The van der Waals surface area contributed by atoms with Crippen molar-refractivity contribution in [2.45, 2.75) is 31.7 Å². The van der Waals surface area contributed by atoms with Gasteiger partial charge in [-0.2, -0.15) is 35.8 Å². The Hall–Kier alpha value is -3.22. The maximum atomic E-state index is 13.3. The molecule has 0 saturated heterocycles. The molecule has 0 aliphatic rings. The van der Waals surface area contributed by atoms with Crippen molar-refractivity contribution in [1.82, 2.24) is 5.43 Å². The highest BCUT2D eigenvalue weighted by atomic mass is 35.5. The first-order chi connectivity index (χ1) is 15.7. The monoisotopic (exact) mass is 516 g/mol. The molecule has 2 N–H and O–H groups in total. The molecular formula is C20H16ClF7N2O4. The number of ether oxygens (including phenoxy) is 2. The summed E-state index contributed by atoms with van der Waals surface area (Å²) in [5, 5.41) is 11.6. The number of hydrazone groups is 1. The molecule has 0 aromatic heterocycles. The first kappa shape index (κ1) is 27.0. The van der Waals surface area contributed by atoms with Gasteiger partial charge in [-0.1, -0.05) is 23.7 Å². The molecule has 2 aromatic carbocycles. The van der Waals surface area contributed by atoms with E-state index < -0.39 is 24.1 Å². The van der Waals surface area contributed by atoms with Gasteiger partial charge in [-0.3, -0.25) is 0 Å². The van der Waals surface area contributed by atoms with Gasteiger partial charge in [0.05, 0.1) is 23.4 Å². The summed E-state index contributed by atoms with van der Waals surface area (Å²) in [6, 6.07) is 2.31. The van der Waals surface area contributed by atoms with E-state index in [4.69, 9.17) is 26.2 Å². The largest absolute Gasteiger partial charge is 0.490 e. The number of hydrogen-bond donors (Lipinski definition) is 2. The lowest BCUT2D eigenvalue weighted by atomic mass is 10.1. The van der Waals surface area contributed by atoms with Gasteiger partial charge in [-0.25, -0.2) is 10.2 Å². The fraction of sp³-hybridized carbons (Fsp3) is 0.300. The Morgan fingerprint density at radius 2 is 1.71 bits per heavy atom. The first-order valence-electron chi connectivity index (χ1n) is 9.23. The maximum Gasteiger partial charge on any atom is 0.462 e. The molecular weight excluding hydrogens is 501 g/mol. The third-order valence-electron chi connectivity index (χ3n) is 4.08.